The number of hydrogen-bond donors (Lipinski definition) is 1. The summed E-state index contributed by atoms with van der Waals surface area (Å²) in [5.74, 6) is 0.0526. The monoisotopic (exact) mass is 423 g/mol. The van der Waals surface area contributed by atoms with Gasteiger partial charge in [-0.1, -0.05) is 13.0 Å². The molecule has 0 radical (unpaired) electrons. The first kappa shape index (κ1) is 17.8. The number of rotatable bonds is 3. The number of para-hydroxylation sites is 1. The van der Waals surface area contributed by atoms with Crippen molar-refractivity contribution in [2.45, 2.75) is 37.6 Å². The molecule has 0 saturated heterocycles. The van der Waals surface area contributed by atoms with Gasteiger partial charge in [0.05, 0.1) is 28.1 Å². The molecule has 7 nitrogen and oxygen atoms in total. The molecule has 30 heavy (non-hydrogen) atoms. The molecule has 4 heterocycles. The number of aromatic nitrogens is 4. The number of thiazole rings is 1. The second-order valence-corrected chi connectivity index (χ2v) is 9.00. The average Bonchev–Trinajstić information content (AvgIpc) is 3.14. The lowest BCUT2D eigenvalue weighted by atomic mass is 9.94. The maximum Gasteiger partial charge on any atom is 0.292 e. The Kier molecular flexibility index (Phi) is 3.83. The molecule has 0 unspecified atom stereocenters. The van der Waals surface area contributed by atoms with Crippen LogP contribution in [0.5, 0.6) is 0 Å². The van der Waals surface area contributed by atoms with Crippen LogP contribution in [0.2, 0.25) is 0 Å². The predicted octanol–water partition coefficient (Wildman–Crippen LogP) is 4.37. The van der Waals surface area contributed by atoms with Crippen molar-refractivity contribution in [2.24, 2.45) is 0 Å². The summed E-state index contributed by atoms with van der Waals surface area (Å²) in [6.07, 6.45) is 5.03. The van der Waals surface area contributed by atoms with Gasteiger partial charge in [-0.25, -0.2) is 19.3 Å². The predicted molar refractivity (Wildman–Crippen MR) is 108 cm³/mol. The summed E-state index contributed by atoms with van der Waals surface area (Å²) >= 11 is 1.39. The number of oxazole rings is 1. The van der Waals surface area contributed by atoms with E-state index in [0.29, 0.717) is 28.7 Å². The number of aromatic amines is 1. The lowest BCUT2D eigenvalue weighted by Gasteiger charge is -2.36. The van der Waals surface area contributed by atoms with E-state index >= 15 is 0 Å². The number of nitrogens with zero attached hydrogens (tertiary/aromatic N) is 4. The lowest BCUT2D eigenvalue weighted by molar-refractivity contribution is 0.0639. The Morgan fingerprint density at radius 3 is 2.97 bits per heavy atom. The number of hydrogen-bond acceptors (Lipinski definition) is 6. The molecule has 1 amide bonds. The third-order valence-corrected chi connectivity index (χ3v) is 6.93. The number of carbonyl (C=O) groups is 1. The van der Waals surface area contributed by atoms with Crippen LogP contribution in [0.3, 0.4) is 0 Å². The number of nitrogens with one attached hydrogen (secondary N) is 1. The molecule has 1 aromatic carbocycles. The van der Waals surface area contributed by atoms with E-state index in [2.05, 4.69) is 19.9 Å². The normalized spacial score (nSPS) is 21.2. The van der Waals surface area contributed by atoms with Crippen molar-refractivity contribution in [3.63, 3.8) is 0 Å². The van der Waals surface area contributed by atoms with Crippen LogP contribution in [0.4, 0.5) is 4.39 Å². The molecular weight excluding hydrogens is 405 g/mol. The molecule has 3 aromatic heterocycles. The number of halogens is 1. The molecule has 2 atom stereocenters. The number of carbonyl (C=O) groups excluding carboxylic acids is 1. The second-order valence-electron chi connectivity index (χ2n) is 7.94. The molecule has 9 heteroatoms. The van der Waals surface area contributed by atoms with E-state index in [4.69, 9.17) is 4.42 Å². The van der Waals surface area contributed by atoms with Crippen molar-refractivity contribution < 1.29 is 13.6 Å². The zero-order chi connectivity index (χ0) is 20.4. The number of imidazole rings is 1. The van der Waals surface area contributed by atoms with Crippen molar-refractivity contribution in [2.75, 3.05) is 6.54 Å². The van der Waals surface area contributed by atoms with Gasteiger partial charge >= 0.3 is 0 Å². The van der Waals surface area contributed by atoms with Gasteiger partial charge in [0, 0.05) is 18.4 Å². The first-order valence-electron chi connectivity index (χ1n) is 9.94. The largest absolute Gasteiger partial charge is 0.438 e. The fourth-order valence-electron chi connectivity index (χ4n) is 4.27. The lowest BCUT2D eigenvalue weighted by Crippen LogP contribution is -2.42. The van der Waals surface area contributed by atoms with Gasteiger partial charge in [0.2, 0.25) is 5.76 Å². The molecule has 1 aliphatic carbocycles. The Labute approximate surface area is 175 Å². The molecule has 6 rings (SSSR count). The summed E-state index contributed by atoms with van der Waals surface area (Å²) in [6.45, 7) is 2.50. The Balaban J connectivity index is 1.49. The van der Waals surface area contributed by atoms with Gasteiger partial charge < -0.3 is 14.3 Å². The van der Waals surface area contributed by atoms with Crippen LogP contribution in [0.15, 0.2) is 35.3 Å². The topological polar surface area (TPSA) is 87.9 Å². The SMILES string of the molecule is C[C@H]1CN(C(=O)c2ocnc2C2CC2)[C@H](c2nc3c(F)cccc3s2)c2[nH]cnc21. The van der Waals surface area contributed by atoms with Crippen LogP contribution in [-0.2, 0) is 0 Å². The first-order valence-corrected chi connectivity index (χ1v) is 10.8. The zero-order valence-corrected chi connectivity index (χ0v) is 16.9. The summed E-state index contributed by atoms with van der Waals surface area (Å²) in [5, 5.41) is 0.647. The van der Waals surface area contributed by atoms with Gasteiger partial charge in [-0.15, -0.1) is 11.3 Å². The molecule has 1 fully saturated rings. The summed E-state index contributed by atoms with van der Waals surface area (Å²) in [4.78, 5) is 31.9. The number of H-pyrrole nitrogens is 1. The molecule has 1 saturated carbocycles. The minimum atomic E-state index is -0.486. The highest BCUT2D eigenvalue weighted by atomic mass is 32.1. The first-order chi connectivity index (χ1) is 14.6. The molecule has 152 valence electrons. The number of benzene rings is 1. The van der Waals surface area contributed by atoms with Gasteiger partial charge in [-0.3, -0.25) is 4.79 Å². The fourth-order valence-corrected chi connectivity index (χ4v) is 5.37. The number of fused-ring (bicyclic) bond motifs is 2. The van der Waals surface area contributed by atoms with Crippen molar-refractivity contribution in [3.8, 4) is 0 Å². The second kappa shape index (κ2) is 6.46. The summed E-state index contributed by atoms with van der Waals surface area (Å²) in [5.41, 5.74) is 2.78. The van der Waals surface area contributed by atoms with E-state index in [-0.39, 0.29) is 17.6 Å². The quantitative estimate of drug-likeness (QED) is 0.529. The molecule has 2 aliphatic rings. The van der Waals surface area contributed by atoms with E-state index < -0.39 is 6.04 Å². The van der Waals surface area contributed by atoms with Crippen molar-refractivity contribution in [1.29, 1.82) is 0 Å². The maximum absolute atomic E-state index is 14.3. The van der Waals surface area contributed by atoms with Crippen molar-refractivity contribution in [3.05, 3.63) is 64.6 Å². The Morgan fingerprint density at radius 2 is 2.17 bits per heavy atom. The molecule has 1 aliphatic heterocycles. The van der Waals surface area contributed by atoms with E-state index in [0.717, 1.165) is 34.6 Å². The maximum atomic E-state index is 14.3. The Morgan fingerprint density at radius 1 is 1.30 bits per heavy atom. The molecule has 1 N–H and O–H groups in total. The standard InChI is InChI=1S/C21H18FN5O2S/c1-10-7-27(21(28)19-15(11-5-6-11)25-9-29-19)18(17-14(10)23-8-24-17)20-26-16-12(22)3-2-4-13(16)30-20/h2-4,8-11,18H,5-7H2,1H3,(H,23,24)/t10-,18-/m0/s1. The summed E-state index contributed by atoms with van der Waals surface area (Å²) < 4.78 is 20.6. The highest BCUT2D eigenvalue weighted by molar-refractivity contribution is 7.18. The van der Waals surface area contributed by atoms with Crippen LogP contribution in [-0.4, -0.2) is 37.3 Å². The number of amides is 1. The summed E-state index contributed by atoms with van der Waals surface area (Å²) in [6, 6.07) is 4.42. The smallest absolute Gasteiger partial charge is 0.292 e. The molecular formula is C21H18FN5O2S. The van der Waals surface area contributed by atoms with E-state index in [1.165, 1.54) is 23.8 Å². The average molecular weight is 423 g/mol. The molecule has 0 bridgehead atoms. The van der Waals surface area contributed by atoms with E-state index in [9.17, 15) is 9.18 Å². The highest BCUT2D eigenvalue weighted by Crippen LogP contribution is 2.44. The Hall–Kier alpha value is -3.07. The molecule has 4 aromatic rings. The van der Waals surface area contributed by atoms with Gasteiger partial charge in [-0.05, 0) is 25.0 Å². The van der Waals surface area contributed by atoms with E-state index in [1.54, 1.807) is 17.3 Å². The van der Waals surface area contributed by atoms with Crippen LogP contribution < -0.4 is 0 Å². The fraction of sp³-hybridized carbons (Fsp3) is 0.333. The third kappa shape index (κ3) is 2.61. The minimum absolute atomic E-state index is 0.0462. The Bertz CT molecular complexity index is 1270. The van der Waals surface area contributed by atoms with Gasteiger partial charge in [0.25, 0.3) is 5.91 Å². The zero-order valence-electron chi connectivity index (χ0n) is 16.1. The van der Waals surface area contributed by atoms with Gasteiger partial charge in [-0.2, -0.15) is 0 Å². The molecule has 0 spiro atoms. The van der Waals surface area contributed by atoms with Crippen LogP contribution >= 0.6 is 11.3 Å². The third-order valence-electron chi connectivity index (χ3n) is 5.86. The van der Waals surface area contributed by atoms with Crippen molar-refractivity contribution in [1.82, 2.24) is 24.8 Å². The summed E-state index contributed by atoms with van der Waals surface area (Å²) in [7, 11) is 0. The minimum Gasteiger partial charge on any atom is -0.438 e. The van der Waals surface area contributed by atoms with Crippen LogP contribution in [0, 0.1) is 5.82 Å². The van der Waals surface area contributed by atoms with Gasteiger partial charge in [0.15, 0.2) is 6.39 Å². The van der Waals surface area contributed by atoms with Crippen LogP contribution in [0.1, 0.15) is 70.3 Å². The van der Waals surface area contributed by atoms with Crippen molar-refractivity contribution >= 4 is 27.5 Å². The van der Waals surface area contributed by atoms with E-state index in [1.807, 2.05) is 13.0 Å². The van der Waals surface area contributed by atoms with Crippen LogP contribution in [0.25, 0.3) is 10.2 Å². The van der Waals surface area contributed by atoms with Gasteiger partial charge in [0.1, 0.15) is 22.4 Å². The highest BCUT2D eigenvalue weighted by Gasteiger charge is 2.42.